The van der Waals surface area contributed by atoms with E-state index in [0.29, 0.717) is 60.6 Å². The minimum Gasteiger partial charge on any atom is -0.480 e. The third-order valence-electron chi connectivity index (χ3n) is 13.8. The molecule has 15 nitrogen and oxygen atoms in total. The molecule has 2 aliphatic heterocycles. The normalized spacial score (nSPS) is 14.5. The van der Waals surface area contributed by atoms with Crippen molar-refractivity contribution in [1.82, 2.24) is 0 Å². The molecular formula is C63H65Cl5N8O7S. The second-order valence-corrected chi connectivity index (χ2v) is 25.0. The largest absolute Gasteiger partial charge is 0.480 e. The van der Waals surface area contributed by atoms with E-state index in [1.807, 2.05) is 72.7 Å². The van der Waals surface area contributed by atoms with Gasteiger partial charge in [-0.15, -0.1) is 16.9 Å². The molecule has 0 fully saturated rings. The van der Waals surface area contributed by atoms with Crippen LogP contribution in [0.2, 0.25) is 25.1 Å². The minimum absolute atomic E-state index is 0.0119. The molecule has 8 rings (SSSR count). The molecular weight excluding hydrogens is 1190 g/mol. The van der Waals surface area contributed by atoms with Gasteiger partial charge >= 0.3 is 0 Å². The van der Waals surface area contributed by atoms with Crippen LogP contribution in [0.1, 0.15) is 104 Å². The molecule has 0 saturated carbocycles. The monoisotopic (exact) mass is 1250 g/mol. The number of ether oxygens (including phenoxy) is 1. The van der Waals surface area contributed by atoms with E-state index in [9.17, 15) is 28.8 Å². The zero-order chi connectivity index (χ0) is 61.7. The van der Waals surface area contributed by atoms with Gasteiger partial charge in [0.25, 0.3) is 17.7 Å². The third kappa shape index (κ3) is 14.9. The van der Waals surface area contributed by atoms with Crippen LogP contribution in [0.4, 0.5) is 34.1 Å². The number of aryl methyl sites for hydroxylation is 3. The van der Waals surface area contributed by atoms with Gasteiger partial charge in [0.2, 0.25) is 17.7 Å². The summed E-state index contributed by atoms with van der Waals surface area (Å²) < 4.78 is 6.29. The standard InChI is InChI=1S/C45H52ClN5O5S.C18H13Cl4N3O2/c1-11-36(56-37-24-18-30(26-28(37)4)45(9,10)12-2)41(53)48-34-15-13-14-16-38(34)57-39-40(50(29(5)52)35-23-17-27(3)25-33(35)46)49-51(42(39)54)32-21-19-31(20-22-32)47-43(55)44(6,7)8;1-9-3-4-12(20)15(5-9)24(10(2)26)16-8-17(27)25(23-16)18-13(21)6-11(19)7-14(18)22/h13-26,36,39H,11-12H2,1-10H3,(H,47,55)(H,48,53);3-7H,8H2,1-2H3. The van der Waals surface area contributed by atoms with Crippen molar-refractivity contribution in [3.8, 4) is 5.75 Å². The van der Waals surface area contributed by atoms with Gasteiger partial charge < -0.3 is 15.4 Å². The minimum atomic E-state index is -1.03. The highest BCUT2D eigenvalue weighted by molar-refractivity contribution is 8.01. The SMILES string of the molecule is CC(=O)N(C1=NN(c2c(Cl)cc(Cl)cc2Cl)C(=O)C1)c1cc(C)ccc1Cl.CCC(Oc1ccc(C(C)(C)CC)cc1C)C(=O)Nc1ccccc1SC1C(=O)N(c2ccc(NC(=O)C(C)(C)C)cc2)N=C1N(C(C)=O)c1ccc(C)cc1Cl. The summed E-state index contributed by atoms with van der Waals surface area (Å²) in [5.74, 6) is -1.02. The summed E-state index contributed by atoms with van der Waals surface area (Å²) in [6, 6.07) is 33.5. The van der Waals surface area contributed by atoms with Gasteiger partial charge in [-0.1, -0.05) is 143 Å². The fourth-order valence-corrected chi connectivity index (χ4v) is 11.4. The molecule has 2 unspecified atom stereocenters. The molecule has 2 heterocycles. The molecule has 0 bridgehead atoms. The fourth-order valence-electron chi connectivity index (χ4n) is 8.76. The molecule has 440 valence electrons. The third-order valence-corrected chi connectivity index (χ3v) is 16.5. The number of nitrogens with one attached hydrogen (secondary N) is 2. The van der Waals surface area contributed by atoms with E-state index >= 15 is 0 Å². The maximum Gasteiger partial charge on any atom is 0.268 e. The van der Waals surface area contributed by atoms with Gasteiger partial charge in [0.15, 0.2) is 17.2 Å². The van der Waals surface area contributed by atoms with Crippen LogP contribution >= 0.6 is 69.8 Å². The summed E-state index contributed by atoms with van der Waals surface area (Å²) in [5, 5.41) is 17.6. The number of thioether (sulfide) groups is 1. The number of carbonyl (C=O) groups is 6. The Morgan fingerprint density at radius 3 is 1.93 bits per heavy atom. The van der Waals surface area contributed by atoms with Gasteiger partial charge in [-0.3, -0.25) is 38.6 Å². The van der Waals surface area contributed by atoms with Crippen molar-refractivity contribution in [3.63, 3.8) is 0 Å². The van der Waals surface area contributed by atoms with Gasteiger partial charge in [0, 0.05) is 34.9 Å². The highest BCUT2D eigenvalue weighted by atomic mass is 35.5. The number of rotatable bonds is 14. The second-order valence-electron chi connectivity index (χ2n) is 21.8. The van der Waals surface area contributed by atoms with Gasteiger partial charge in [-0.05, 0) is 140 Å². The maximum absolute atomic E-state index is 14.5. The number of hydrazone groups is 2. The van der Waals surface area contributed by atoms with Crippen LogP contribution in [-0.2, 0) is 34.2 Å². The van der Waals surface area contributed by atoms with E-state index in [1.165, 1.54) is 46.4 Å². The van der Waals surface area contributed by atoms with E-state index in [1.54, 1.807) is 66.7 Å². The predicted octanol–water partition coefficient (Wildman–Crippen LogP) is 16.0. The van der Waals surface area contributed by atoms with Crippen LogP contribution < -0.4 is 35.2 Å². The Labute approximate surface area is 519 Å². The number of para-hydroxylation sites is 1. The molecule has 0 spiro atoms. The molecule has 6 aromatic rings. The Morgan fingerprint density at radius 1 is 0.702 bits per heavy atom. The Morgan fingerprint density at radius 2 is 1.33 bits per heavy atom. The van der Waals surface area contributed by atoms with Gasteiger partial charge in [0.05, 0.1) is 49.3 Å². The summed E-state index contributed by atoms with van der Waals surface area (Å²) in [6.45, 7) is 22.4. The molecule has 6 amide bonds. The number of anilines is 6. The van der Waals surface area contributed by atoms with Crippen molar-refractivity contribution >= 4 is 151 Å². The maximum atomic E-state index is 14.5. The van der Waals surface area contributed by atoms with Crippen molar-refractivity contribution in [2.45, 2.75) is 124 Å². The van der Waals surface area contributed by atoms with Crippen molar-refractivity contribution in [1.29, 1.82) is 0 Å². The lowest BCUT2D eigenvalue weighted by Gasteiger charge is -2.26. The van der Waals surface area contributed by atoms with E-state index < -0.39 is 28.6 Å². The molecule has 2 aliphatic rings. The average molecular weight is 1260 g/mol. The van der Waals surface area contributed by atoms with E-state index in [2.05, 4.69) is 48.6 Å². The molecule has 0 aromatic heterocycles. The number of hydrogen-bond acceptors (Lipinski definition) is 10. The van der Waals surface area contributed by atoms with Crippen LogP contribution in [0.5, 0.6) is 5.75 Å². The number of amides is 6. The van der Waals surface area contributed by atoms with Crippen molar-refractivity contribution in [2.75, 3.05) is 30.5 Å². The van der Waals surface area contributed by atoms with Crippen molar-refractivity contribution < 1.29 is 33.5 Å². The van der Waals surface area contributed by atoms with Crippen LogP contribution in [0.25, 0.3) is 0 Å². The van der Waals surface area contributed by atoms with Crippen LogP contribution in [0.15, 0.2) is 130 Å². The van der Waals surface area contributed by atoms with Crippen LogP contribution in [0, 0.1) is 26.2 Å². The first-order valence-electron chi connectivity index (χ1n) is 26.9. The Hall–Kier alpha value is -6.92. The summed E-state index contributed by atoms with van der Waals surface area (Å²) in [6.07, 6.45) is 0.499. The zero-order valence-corrected chi connectivity index (χ0v) is 53.2. The lowest BCUT2D eigenvalue weighted by molar-refractivity contribution is -0.123. The van der Waals surface area contributed by atoms with Crippen molar-refractivity contribution in [3.05, 3.63) is 163 Å². The number of nitrogens with zero attached hydrogens (tertiary/aromatic N) is 6. The molecule has 2 N–H and O–H groups in total. The molecule has 21 heteroatoms. The first-order chi connectivity index (χ1) is 39.5. The van der Waals surface area contributed by atoms with E-state index in [4.69, 9.17) is 67.8 Å². The summed E-state index contributed by atoms with van der Waals surface area (Å²) in [5.41, 5.74) is 5.86. The first-order valence-corrected chi connectivity index (χ1v) is 29.7. The number of carbonyl (C=O) groups excluding carboxylic acids is 6. The number of halogens is 5. The highest BCUT2D eigenvalue weighted by Crippen LogP contribution is 2.42. The van der Waals surface area contributed by atoms with Crippen molar-refractivity contribution in [2.24, 2.45) is 15.6 Å². The molecule has 0 aliphatic carbocycles. The highest BCUT2D eigenvalue weighted by Gasteiger charge is 2.43. The number of amidine groups is 2. The molecule has 2 atom stereocenters. The van der Waals surface area contributed by atoms with Crippen LogP contribution in [0.3, 0.4) is 0 Å². The lowest BCUT2D eigenvalue weighted by Crippen LogP contribution is -2.42. The first kappa shape index (κ1) is 64.6. The predicted molar refractivity (Wildman–Crippen MR) is 343 cm³/mol. The van der Waals surface area contributed by atoms with Gasteiger partial charge in [-0.25, -0.2) is 0 Å². The summed E-state index contributed by atoms with van der Waals surface area (Å²) in [4.78, 5) is 82.5. The van der Waals surface area contributed by atoms with Gasteiger partial charge in [0.1, 0.15) is 17.3 Å². The Kier molecular flexibility index (Phi) is 20.8. The zero-order valence-electron chi connectivity index (χ0n) is 48.6. The Balaban J connectivity index is 0.000000311. The second kappa shape index (κ2) is 27.0. The molecule has 84 heavy (non-hydrogen) atoms. The topological polar surface area (TPSA) is 173 Å². The molecule has 6 aromatic carbocycles. The Bertz CT molecular complexity index is 3600. The molecule has 0 saturated heterocycles. The molecule has 0 radical (unpaired) electrons. The van der Waals surface area contributed by atoms with Gasteiger partial charge in [-0.2, -0.15) is 15.1 Å². The van der Waals surface area contributed by atoms with Crippen LogP contribution in [-0.4, -0.2) is 58.5 Å². The summed E-state index contributed by atoms with van der Waals surface area (Å²) >= 11 is 32.5. The summed E-state index contributed by atoms with van der Waals surface area (Å²) in [7, 11) is 0. The average Bonchev–Trinajstić information content (AvgIpc) is 3.99. The fraction of sp³-hybridized carbons (Fsp3) is 0.302. The number of hydrogen-bond donors (Lipinski definition) is 2. The lowest BCUT2D eigenvalue weighted by atomic mass is 9.81. The van der Waals surface area contributed by atoms with E-state index in [0.717, 1.165) is 39.9 Å². The van der Waals surface area contributed by atoms with E-state index in [-0.39, 0.29) is 62.9 Å². The number of benzene rings is 6. The quantitative estimate of drug-likeness (QED) is 0.108. The smallest absolute Gasteiger partial charge is 0.268 e.